The Labute approximate surface area is 92.3 Å². The van der Waals surface area contributed by atoms with Crippen molar-refractivity contribution in [3.8, 4) is 6.07 Å². The highest BCUT2D eigenvalue weighted by Crippen LogP contribution is 2.26. The lowest BCUT2D eigenvalue weighted by Crippen LogP contribution is -2.18. The van der Waals surface area contributed by atoms with Crippen molar-refractivity contribution >= 4 is 21.6 Å². The molecule has 72 valence electrons. The van der Waals surface area contributed by atoms with Crippen LogP contribution in [0, 0.1) is 11.3 Å². The van der Waals surface area contributed by atoms with Crippen LogP contribution in [-0.4, -0.2) is 13.1 Å². The molecule has 1 saturated heterocycles. The van der Waals surface area contributed by atoms with Crippen LogP contribution in [0.1, 0.15) is 18.4 Å². The molecule has 0 atom stereocenters. The Morgan fingerprint density at radius 3 is 2.64 bits per heavy atom. The summed E-state index contributed by atoms with van der Waals surface area (Å²) in [6, 6.07) is 8.14. The highest BCUT2D eigenvalue weighted by molar-refractivity contribution is 9.10. The normalized spacial score (nSPS) is 15.6. The summed E-state index contributed by atoms with van der Waals surface area (Å²) in [6.07, 6.45) is 2.47. The molecule has 1 aromatic rings. The van der Waals surface area contributed by atoms with Crippen LogP contribution in [0.3, 0.4) is 0 Å². The van der Waals surface area contributed by atoms with Gasteiger partial charge in [-0.25, -0.2) is 0 Å². The van der Waals surface area contributed by atoms with E-state index in [2.05, 4.69) is 26.9 Å². The van der Waals surface area contributed by atoms with E-state index < -0.39 is 0 Å². The molecule has 0 aliphatic carbocycles. The van der Waals surface area contributed by atoms with Crippen LogP contribution in [0.25, 0.3) is 0 Å². The van der Waals surface area contributed by atoms with Gasteiger partial charge in [0.05, 0.1) is 11.3 Å². The minimum absolute atomic E-state index is 0.765. The van der Waals surface area contributed by atoms with Gasteiger partial charge in [0.1, 0.15) is 6.07 Å². The molecule has 0 aromatic heterocycles. The van der Waals surface area contributed by atoms with Gasteiger partial charge in [0.25, 0.3) is 0 Å². The van der Waals surface area contributed by atoms with Gasteiger partial charge in [-0.2, -0.15) is 5.26 Å². The molecule has 2 nitrogen and oxygen atoms in total. The van der Waals surface area contributed by atoms with Crippen LogP contribution in [0.2, 0.25) is 0 Å². The van der Waals surface area contributed by atoms with Crippen LogP contribution in [0.4, 0.5) is 5.69 Å². The molecular formula is C11H11BrN2. The maximum Gasteiger partial charge on any atom is 0.101 e. The van der Waals surface area contributed by atoms with E-state index in [1.807, 2.05) is 18.2 Å². The van der Waals surface area contributed by atoms with Gasteiger partial charge in [-0.05, 0) is 31.0 Å². The average molecular weight is 251 g/mol. The summed E-state index contributed by atoms with van der Waals surface area (Å²) in [5.74, 6) is 0. The molecule has 0 N–H and O–H groups in total. The highest BCUT2D eigenvalue weighted by atomic mass is 79.9. The summed E-state index contributed by atoms with van der Waals surface area (Å²) in [4.78, 5) is 2.28. The molecule has 1 heterocycles. The fraction of sp³-hybridized carbons (Fsp3) is 0.364. The number of benzene rings is 1. The zero-order valence-corrected chi connectivity index (χ0v) is 9.42. The summed E-state index contributed by atoms with van der Waals surface area (Å²) in [6.45, 7) is 2.16. The summed E-state index contributed by atoms with van der Waals surface area (Å²) in [7, 11) is 0. The average Bonchev–Trinajstić information content (AvgIpc) is 2.70. The predicted octanol–water partition coefficient (Wildman–Crippen LogP) is 2.92. The van der Waals surface area contributed by atoms with Gasteiger partial charge in [0.2, 0.25) is 0 Å². The molecule has 0 saturated carbocycles. The molecule has 3 heteroatoms. The van der Waals surface area contributed by atoms with Crippen molar-refractivity contribution in [2.75, 3.05) is 18.0 Å². The van der Waals surface area contributed by atoms with E-state index >= 15 is 0 Å². The van der Waals surface area contributed by atoms with Gasteiger partial charge in [-0.3, -0.25) is 0 Å². The van der Waals surface area contributed by atoms with Crippen molar-refractivity contribution in [2.24, 2.45) is 0 Å². The topological polar surface area (TPSA) is 27.0 Å². The van der Waals surface area contributed by atoms with Crippen LogP contribution in [0.15, 0.2) is 22.7 Å². The molecule has 2 rings (SSSR count). The third kappa shape index (κ3) is 1.76. The van der Waals surface area contributed by atoms with Crippen LogP contribution in [0.5, 0.6) is 0 Å². The number of hydrogen-bond donors (Lipinski definition) is 0. The largest absolute Gasteiger partial charge is 0.370 e. The minimum Gasteiger partial charge on any atom is -0.370 e. The Bertz CT molecular complexity index is 375. The van der Waals surface area contributed by atoms with Crippen LogP contribution < -0.4 is 4.90 Å². The quantitative estimate of drug-likeness (QED) is 0.767. The first-order valence-corrected chi connectivity index (χ1v) is 5.55. The lowest BCUT2D eigenvalue weighted by molar-refractivity contribution is 0.949. The second-order valence-electron chi connectivity index (χ2n) is 3.47. The molecule has 0 unspecified atom stereocenters. The second-order valence-corrected chi connectivity index (χ2v) is 4.38. The van der Waals surface area contributed by atoms with Crippen molar-refractivity contribution in [3.63, 3.8) is 0 Å². The molecule has 1 aliphatic rings. The Morgan fingerprint density at radius 1 is 1.29 bits per heavy atom. The number of nitrogens with zero attached hydrogens (tertiary/aromatic N) is 2. The first kappa shape index (κ1) is 9.54. The number of halogens is 1. The maximum absolute atomic E-state index is 9.01. The lowest BCUT2D eigenvalue weighted by atomic mass is 10.2. The van der Waals surface area contributed by atoms with Crippen molar-refractivity contribution in [2.45, 2.75) is 12.8 Å². The molecule has 14 heavy (non-hydrogen) atoms. The third-order valence-corrected chi connectivity index (χ3v) is 3.02. The van der Waals surface area contributed by atoms with E-state index in [-0.39, 0.29) is 0 Å². The zero-order chi connectivity index (χ0) is 9.97. The number of nitriles is 1. The summed E-state index contributed by atoms with van der Waals surface area (Å²) in [5, 5.41) is 9.01. The SMILES string of the molecule is N#Cc1cc(Br)ccc1N1CCCC1. The molecular weight excluding hydrogens is 240 g/mol. The molecule has 0 amide bonds. The minimum atomic E-state index is 0.765. The van der Waals surface area contributed by atoms with E-state index in [0.717, 1.165) is 28.8 Å². The van der Waals surface area contributed by atoms with Gasteiger partial charge in [-0.1, -0.05) is 15.9 Å². The molecule has 0 spiro atoms. The Morgan fingerprint density at radius 2 is 2.00 bits per heavy atom. The van der Waals surface area contributed by atoms with Crippen molar-refractivity contribution in [3.05, 3.63) is 28.2 Å². The van der Waals surface area contributed by atoms with Gasteiger partial charge in [0.15, 0.2) is 0 Å². The standard InChI is InChI=1S/C11H11BrN2/c12-10-3-4-11(9(7-10)8-13)14-5-1-2-6-14/h3-4,7H,1-2,5-6H2. The Kier molecular flexibility index (Phi) is 2.74. The zero-order valence-electron chi connectivity index (χ0n) is 7.83. The third-order valence-electron chi connectivity index (χ3n) is 2.53. The highest BCUT2D eigenvalue weighted by Gasteiger charge is 2.15. The maximum atomic E-state index is 9.01. The number of anilines is 1. The summed E-state index contributed by atoms with van der Waals surface area (Å²) >= 11 is 3.38. The van der Waals surface area contributed by atoms with Gasteiger partial charge in [0, 0.05) is 17.6 Å². The van der Waals surface area contributed by atoms with E-state index in [0.29, 0.717) is 0 Å². The van der Waals surface area contributed by atoms with Gasteiger partial charge < -0.3 is 4.90 Å². The molecule has 1 aliphatic heterocycles. The van der Waals surface area contributed by atoms with Crippen LogP contribution in [-0.2, 0) is 0 Å². The van der Waals surface area contributed by atoms with Crippen molar-refractivity contribution in [1.82, 2.24) is 0 Å². The fourth-order valence-electron chi connectivity index (χ4n) is 1.83. The van der Waals surface area contributed by atoms with E-state index in [4.69, 9.17) is 5.26 Å². The van der Waals surface area contributed by atoms with Gasteiger partial charge >= 0.3 is 0 Å². The Hall–Kier alpha value is -1.01. The van der Waals surface area contributed by atoms with Crippen LogP contribution >= 0.6 is 15.9 Å². The molecule has 0 bridgehead atoms. The van der Waals surface area contributed by atoms with Crippen molar-refractivity contribution in [1.29, 1.82) is 5.26 Å². The lowest BCUT2D eigenvalue weighted by Gasteiger charge is -2.18. The summed E-state index contributed by atoms with van der Waals surface area (Å²) in [5.41, 5.74) is 1.84. The molecule has 1 aromatic carbocycles. The predicted molar refractivity (Wildman–Crippen MR) is 60.3 cm³/mol. The molecule has 0 radical (unpaired) electrons. The van der Waals surface area contributed by atoms with Crippen molar-refractivity contribution < 1.29 is 0 Å². The smallest absolute Gasteiger partial charge is 0.101 e. The first-order chi connectivity index (χ1) is 6.81. The monoisotopic (exact) mass is 250 g/mol. The van der Waals surface area contributed by atoms with E-state index in [9.17, 15) is 0 Å². The first-order valence-electron chi connectivity index (χ1n) is 4.76. The number of rotatable bonds is 1. The molecule has 1 fully saturated rings. The summed E-state index contributed by atoms with van der Waals surface area (Å²) < 4.78 is 0.969. The fourth-order valence-corrected chi connectivity index (χ4v) is 2.19. The van der Waals surface area contributed by atoms with E-state index in [1.165, 1.54) is 12.8 Å². The van der Waals surface area contributed by atoms with E-state index in [1.54, 1.807) is 0 Å². The van der Waals surface area contributed by atoms with Gasteiger partial charge in [-0.15, -0.1) is 0 Å². The Balaban J connectivity index is 2.37. The number of hydrogen-bond acceptors (Lipinski definition) is 2. The second kappa shape index (κ2) is 4.02.